The first kappa shape index (κ1) is 29.3. The van der Waals surface area contributed by atoms with Gasteiger partial charge in [0.2, 0.25) is 0 Å². The van der Waals surface area contributed by atoms with Gasteiger partial charge in [0.25, 0.3) is 5.09 Å². The molecule has 0 rings (SSSR count). The maximum absolute atomic E-state index is 8.36. The average molecular weight is 297 g/mol. The van der Waals surface area contributed by atoms with E-state index in [1.807, 2.05) is 0 Å². The second-order valence-electron chi connectivity index (χ2n) is 0.909. The van der Waals surface area contributed by atoms with Crippen molar-refractivity contribution in [1.29, 1.82) is 0 Å². The van der Waals surface area contributed by atoms with Gasteiger partial charge in [-0.15, -0.1) is 10.1 Å². The molecular formula is HN4O12Ti-3. The first-order chi connectivity index (χ1) is 6.93. The molecule has 0 spiro atoms. The predicted molar refractivity (Wildman–Crippen MR) is 39.9 cm³/mol. The second kappa shape index (κ2) is 23.4. The van der Waals surface area contributed by atoms with Crippen molar-refractivity contribution in [2.45, 2.75) is 0 Å². The molecule has 0 fully saturated rings. The van der Waals surface area contributed by atoms with Crippen LogP contribution < -0.4 is 0 Å². The van der Waals surface area contributed by atoms with Crippen LogP contribution in [0, 0.1) is 56.1 Å². The minimum Gasteiger partial charge on any atom is -0.356 e. The summed E-state index contributed by atoms with van der Waals surface area (Å²) in [4.78, 5) is 33.1. The van der Waals surface area contributed by atoms with E-state index in [-0.39, 0.29) is 21.7 Å². The van der Waals surface area contributed by atoms with Crippen molar-refractivity contribution in [2.24, 2.45) is 0 Å². The fourth-order valence-corrected chi connectivity index (χ4v) is 0. The molecule has 0 amide bonds. The summed E-state index contributed by atoms with van der Waals surface area (Å²) in [5.74, 6) is 0. The Morgan fingerprint density at radius 2 is 0.588 bits per heavy atom. The minimum absolute atomic E-state index is 0. The maximum atomic E-state index is 8.36. The molecule has 0 aliphatic heterocycles. The van der Waals surface area contributed by atoms with E-state index < -0.39 is 20.3 Å². The third-order valence-electron chi connectivity index (χ3n) is 0. The van der Waals surface area contributed by atoms with Crippen LogP contribution in [-0.4, -0.2) is 25.6 Å². The molecule has 0 bridgehead atoms. The third-order valence-corrected chi connectivity index (χ3v) is 0. The van der Waals surface area contributed by atoms with Crippen molar-refractivity contribution in [2.75, 3.05) is 0 Å². The Labute approximate surface area is 104 Å². The topological polar surface area (TPSA) is 262 Å². The van der Waals surface area contributed by atoms with Crippen molar-refractivity contribution < 1.29 is 47.3 Å². The van der Waals surface area contributed by atoms with E-state index in [9.17, 15) is 0 Å². The molecule has 17 heteroatoms. The van der Waals surface area contributed by atoms with Gasteiger partial charge in [0.15, 0.2) is 0 Å². The molecule has 17 heavy (non-hydrogen) atoms. The van der Waals surface area contributed by atoms with Gasteiger partial charge in [-0.1, -0.05) is 0 Å². The summed E-state index contributed by atoms with van der Waals surface area (Å²) in [6, 6.07) is 0. The quantitative estimate of drug-likeness (QED) is 0.318. The Balaban J connectivity index is -0.0000000369. The molecule has 0 saturated heterocycles. The third kappa shape index (κ3) is 290. The van der Waals surface area contributed by atoms with E-state index in [0.29, 0.717) is 0 Å². The van der Waals surface area contributed by atoms with Crippen LogP contribution in [0.2, 0.25) is 0 Å². The van der Waals surface area contributed by atoms with Gasteiger partial charge < -0.3 is 51.2 Å². The average Bonchev–Trinajstić information content (AvgIpc) is 1.76. The monoisotopic (exact) mass is 297 g/mol. The predicted octanol–water partition coefficient (Wildman–Crippen LogP) is -1.07. The molecule has 0 aromatic heterocycles. The number of hydrogen-bond acceptors (Lipinski definition) is 11. The maximum Gasteiger partial charge on any atom is 0.291 e. The summed E-state index contributed by atoms with van der Waals surface area (Å²) in [5.41, 5.74) is 0. The summed E-state index contributed by atoms with van der Waals surface area (Å²) >= 11 is 0. The molecule has 0 aliphatic rings. The zero-order valence-corrected chi connectivity index (χ0v) is 8.79. The van der Waals surface area contributed by atoms with E-state index >= 15 is 0 Å². The van der Waals surface area contributed by atoms with Crippen molar-refractivity contribution >= 4 is 0 Å². The molecule has 1 N–H and O–H groups in total. The van der Waals surface area contributed by atoms with Gasteiger partial charge in [-0.05, 0) is 0 Å². The summed E-state index contributed by atoms with van der Waals surface area (Å²) in [7, 11) is 0. The molecule has 100 valence electrons. The fourth-order valence-electron chi connectivity index (χ4n) is 0. The molecule has 0 radical (unpaired) electrons. The summed E-state index contributed by atoms with van der Waals surface area (Å²) < 4.78 is 0. The number of hydrogen-bond donors (Lipinski definition) is 1. The Morgan fingerprint density at radius 1 is 0.588 bits per heavy atom. The van der Waals surface area contributed by atoms with Crippen LogP contribution in [0.5, 0.6) is 0 Å². The van der Waals surface area contributed by atoms with Crippen LogP contribution >= 0.6 is 0 Å². The molecular weight excluding hydrogens is 296 g/mol. The minimum atomic E-state index is -1.75. The van der Waals surface area contributed by atoms with Gasteiger partial charge in [-0.2, -0.15) is 0 Å². The van der Waals surface area contributed by atoms with Gasteiger partial charge >= 0.3 is 0 Å². The number of nitrogens with zero attached hydrogens (tertiary/aromatic N) is 4. The van der Waals surface area contributed by atoms with Crippen LogP contribution in [0.1, 0.15) is 0 Å². The largest absolute Gasteiger partial charge is 0.356 e. The summed E-state index contributed by atoms with van der Waals surface area (Å²) in [6.07, 6.45) is 0. The van der Waals surface area contributed by atoms with Crippen LogP contribution in [0.25, 0.3) is 0 Å². The second-order valence-corrected chi connectivity index (χ2v) is 0.909. The Kier molecular flexibility index (Phi) is 40.3. The Bertz CT molecular complexity index is 159. The molecule has 0 aromatic rings. The molecule has 0 atom stereocenters. The standard InChI is InChI=1S/HNO3.3NO3.Ti/c4*2-1(3)4;/h(H,2,3,4);;;;/q;3*-1;. The van der Waals surface area contributed by atoms with Crippen molar-refractivity contribution in [3.8, 4) is 0 Å². The molecule has 0 aromatic carbocycles. The van der Waals surface area contributed by atoms with Gasteiger partial charge in [0.05, 0.1) is 15.3 Å². The number of rotatable bonds is 0. The van der Waals surface area contributed by atoms with Gasteiger partial charge in [0.1, 0.15) is 0 Å². The Hall–Kier alpha value is -2.49. The van der Waals surface area contributed by atoms with Crippen molar-refractivity contribution in [3.05, 3.63) is 56.1 Å². The SMILES string of the molecule is O=[N+]([O-])O.O=[N+]([O-])[O-].O=[N+]([O-])[O-].O=[N+]([O-])[O-].[Ti]. The molecule has 0 heterocycles. The molecule has 0 saturated carbocycles. The Morgan fingerprint density at radius 3 is 0.588 bits per heavy atom. The zero-order valence-electron chi connectivity index (χ0n) is 7.23. The van der Waals surface area contributed by atoms with Gasteiger partial charge in [-0.25, -0.2) is 0 Å². The summed E-state index contributed by atoms with van der Waals surface area (Å²) in [5, 5.41) is 57.9. The van der Waals surface area contributed by atoms with Gasteiger partial charge in [0, 0.05) is 21.7 Å². The smallest absolute Gasteiger partial charge is 0.291 e. The van der Waals surface area contributed by atoms with Gasteiger partial charge in [-0.3, -0.25) is 0 Å². The van der Waals surface area contributed by atoms with E-state index in [0.717, 1.165) is 0 Å². The van der Waals surface area contributed by atoms with Crippen LogP contribution in [0.4, 0.5) is 0 Å². The first-order valence-electron chi connectivity index (χ1n) is 2.21. The first-order valence-corrected chi connectivity index (χ1v) is 2.21. The molecule has 16 nitrogen and oxygen atoms in total. The molecule has 0 unspecified atom stereocenters. The van der Waals surface area contributed by atoms with Crippen molar-refractivity contribution in [3.63, 3.8) is 0 Å². The van der Waals surface area contributed by atoms with Crippen LogP contribution in [0.15, 0.2) is 0 Å². The normalized spacial score (nSPS) is 5.65. The molecule has 0 aliphatic carbocycles. The summed E-state index contributed by atoms with van der Waals surface area (Å²) in [6.45, 7) is 0. The zero-order chi connectivity index (χ0) is 14.3. The van der Waals surface area contributed by atoms with Crippen LogP contribution in [-0.2, 0) is 21.7 Å². The fraction of sp³-hybridized carbons (Fsp3) is 0. The van der Waals surface area contributed by atoms with E-state index in [4.69, 9.17) is 61.3 Å². The van der Waals surface area contributed by atoms with E-state index in [2.05, 4.69) is 0 Å². The van der Waals surface area contributed by atoms with E-state index in [1.54, 1.807) is 0 Å². The van der Waals surface area contributed by atoms with E-state index in [1.165, 1.54) is 0 Å². The van der Waals surface area contributed by atoms with Crippen molar-refractivity contribution in [1.82, 2.24) is 0 Å². The van der Waals surface area contributed by atoms with Crippen LogP contribution in [0.3, 0.4) is 0 Å².